The van der Waals surface area contributed by atoms with Gasteiger partial charge in [-0.3, -0.25) is 9.79 Å². The number of nitrogens with zero attached hydrogens (tertiary/aromatic N) is 3. The van der Waals surface area contributed by atoms with Gasteiger partial charge in [-0.1, -0.05) is 13.8 Å². The maximum Gasteiger partial charge on any atom is 0.248 e. The normalized spacial score (nSPS) is 14.1. The molecule has 1 amide bonds. The van der Waals surface area contributed by atoms with Gasteiger partial charge >= 0.3 is 0 Å². The second kappa shape index (κ2) is 8.56. The zero-order valence-corrected chi connectivity index (χ0v) is 15.9. The average Bonchev–Trinajstić information content (AvgIpc) is 2.79. The standard InChI is InChI=1S/C21H22F3N3O/c1-3-26(4-2)9-10-27-19-8-6-14(22)11-17(19)21(25-13-20(27)28)16-7-5-15(23)12-18(16)24/h5-8,11-12H,3-4,9-10,13H2,1-2H3. The molecule has 0 spiro atoms. The molecule has 2 aromatic rings. The minimum Gasteiger partial charge on any atom is -0.309 e. The van der Waals surface area contributed by atoms with Crippen molar-refractivity contribution in [2.75, 3.05) is 37.6 Å². The van der Waals surface area contributed by atoms with Crippen LogP contribution in [0.25, 0.3) is 0 Å². The van der Waals surface area contributed by atoms with E-state index in [1.165, 1.54) is 24.3 Å². The summed E-state index contributed by atoms with van der Waals surface area (Å²) in [7, 11) is 0. The smallest absolute Gasteiger partial charge is 0.248 e. The van der Waals surface area contributed by atoms with Crippen LogP contribution in [0.4, 0.5) is 18.9 Å². The van der Waals surface area contributed by atoms with E-state index in [1.54, 1.807) is 4.90 Å². The molecule has 0 saturated heterocycles. The van der Waals surface area contributed by atoms with E-state index < -0.39 is 17.5 Å². The number of hydrogen-bond donors (Lipinski definition) is 0. The Kier molecular flexibility index (Phi) is 6.14. The number of benzene rings is 2. The molecule has 0 radical (unpaired) electrons. The van der Waals surface area contributed by atoms with Gasteiger partial charge in [0.1, 0.15) is 24.0 Å². The van der Waals surface area contributed by atoms with Crippen molar-refractivity contribution in [2.45, 2.75) is 13.8 Å². The van der Waals surface area contributed by atoms with Crippen LogP contribution < -0.4 is 4.90 Å². The number of halogens is 3. The number of fused-ring (bicyclic) bond motifs is 1. The molecule has 4 nitrogen and oxygen atoms in total. The molecule has 0 N–H and O–H groups in total. The average molecular weight is 389 g/mol. The Labute approximate surface area is 162 Å². The molecular formula is C21H22F3N3O. The molecule has 1 aliphatic heterocycles. The fourth-order valence-corrected chi connectivity index (χ4v) is 3.32. The summed E-state index contributed by atoms with van der Waals surface area (Å²) in [4.78, 5) is 20.7. The third-order valence-corrected chi connectivity index (χ3v) is 4.90. The highest BCUT2D eigenvalue weighted by molar-refractivity contribution is 6.19. The van der Waals surface area contributed by atoms with Crippen LogP contribution >= 0.6 is 0 Å². The highest BCUT2D eigenvalue weighted by Gasteiger charge is 2.27. The van der Waals surface area contributed by atoms with E-state index in [0.717, 1.165) is 25.2 Å². The van der Waals surface area contributed by atoms with Gasteiger partial charge in [0.15, 0.2) is 0 Å². The van der Waals surface area contributed by atoms with Crippen molar-refractivity contribution < 1.29 is 18.0 Å². The van der Waals surface area contributed by atoms with Crippen LogP contribution in [0.15, 0.2) is 41.4 Å². The van der Waals surface area contributed by atoms with Gasteiger partial charge < -0.3 is 9.80 Å². The quantitative estimate of drug-likeness (QED) is 0.757. The Hall–Kier alpha value is -2.67. The minimum atomic E-state index is -0.807. The number of aliphatic imine (C=N–C) groups is 1. The number of likely N-dealkylation sites (N-methyl/N-ethyl adjacent to an activating group) is 1. The lowest BCUT2D eigenvalue weighted by atomic mass is 9.99. The van der Waals surface area contributed by atoms with Crippen molar-refractivity contribution in [3.8, 4) is 0 Å². The molecule has 0 aliphatic carbocycles. The maximum atomic E-state index is 14.4. The highest BCUT2D eigenvalue weighted by atomic mass is 19.1. The number of carbonyl (C=O) groups excluding carboxylic acids is 1. The Morgan fingerprint density at radius 2 is 1.68 bits per heavy atom. The van der Waals surface area contributed by atoms with Gasteiger partial charge in [-0.2, -0.15) is 0 Å². The van der Waals surface area contributed by atoms with Gasteiger partial charge in [0.25, 0.3) is 0 Å². The van der Waals surface area contributed by atoms with E-state index in [-0.39, 0.29) is 23.7 Å². The van der Waals surface area contributed by atoms with Gasteiger partial charge in [-0.25, -0.2) is 13.2 Å². The van der Waals surface area contributed by atoms with Crippen molar-refractivity contribution in [3.63, 3.8) is 0 Å². The molecule has 0 atom stereocenters. The monoisotopic (exact) mass is 389 g/mol. The third-order valence-electron chi connectivity index (χ3n) is 4.90. The number of anilines is 1. The molecule has 148 valence electrons. The lowest BCUT2D eigenvalue weighted by molar-refractivity contribution is -0.117. The highest BCUT2D eigenvalue weighted by Crippen LogP contribution is 2.28. The molecule has 0 unspecified atom stereocenters. The summed E-state index contributed by atoms with van der Waals surface area (Å²) in [6.07, 6.45) is 0. The fourth-order valence-electron chi connectivity index (χ4n) is 3.32. The summed E-state index contributed by atoms with van der Waals surface area (Å²) in [5.74, 6) is -2.30. The summed E-state index contributed by atoms with van der Waals surface area (Å²) in [5.41, 5.74) is 0.965. The van der Waals surface area contributed by atoms with E-state index >= 15 is 0 Å². The van der Waals surface area contributed by atoms with Crippen molar-refractivity contribution in [3.05, 3.63) is 65.0 Å². The van der Waals surface area contributed by atoms with Gasteiger partial charge in [0.05, 0.1) is 11.4 Å². The molecule has 7 heteroatoms. The van der Waals surface area contributed by atoms with Crippen LogP contribution in [-0.4, -0.2) is 49.2 Å². The lowest BCUT2D eigenvalue weighted by Gasteiger charge is -2.26. The van der Waals surface area contributed by atoms with E-state index in [9.17, 15) is 18.0 Å². The third kappa shape index (κ3) is 4.09. The van der Waals surface area contributed by atoms with Crippen molar-refractivity contribution >= 4 is 17.3 Å². The molecule has 1 aliphatic rings. The van der Waals surface area contributed by atoms with Gasteiger partial charge in [-0.15, -0.1) is 0 Å². The zero-order valence-electron chi connectivity index (χ0n) is 15.9. The van der Waals surface area contributed by atoms with Crippen LogP contribution in [0.2, 0.25) is 0 Å². The van der Waals surface area contributed by atoms with Crippen LogP contribution in [0.3, 0.4) is 0 Å². The van der Waals surface area contributed by atoms with Crippen molar-refractivity contribution in [2.24, 2.45) is 4.99 Å². The second-order valence-corrected chi connectivity index (χ2v) is 6.52. The minimum absolute atomic E-state index is 0.0339. The summed E-state index contributed by atoms with van der Waals surface area (Å²) >= 11 is 0. The first-order chi connectivity index (χ1) is 13.4. The molecule has 1 heterocycles. The molecular weight excluding hydrogens is 367 g/mol. The van der Waals surface area contributed by atoms with Crippen molar-refractivity contribution in [1.82, 2.24) is 4.90 Å². The van der Waals surface area contributed by atoms with E-state index in [1.807, 2.05) is 13.8 Å². The summed E-state index contributed by atoms with van der Waals surface area (Å²) in [6, 6.07) is 7.13. The first kappa shape index (κ1) is 20.1. The number of carbonyl (C=O) groups is 1. The van der Waals surface area contributed by atoms with E-state index in [0.29, 0.717) is 24.3 Å². The summed E-state index contributed by atoms with van der Waals surface area (Å²) < 4.78 is 41.7. The number of benzodiazepines with no additional fused rings is 1. The number of rotatable bonds is 6. The Bertz CT molecular complexity index is 910. The molecule has 2 aromatic carbocycles. The Morgan fingerprint density at radius 3 is 2.36 bits per heavy atom. The molecule has 0 saturated carbocycles. The van der Waals surface area contributed by atoms with E-state index in [4.69, 9.17) is 0 Å². The molecule has 0 aromatic heterocycles. The zero-order chi connectivity index (χ0) is 20.3. The number of amides is 1. The summed E-state index contributed by atoms with van der Waals surface area (Å²) in [6.45, 7) is 6.63. The first-order valence-corrected chi connectivity index (χ1v) is 9.27. The molecule has 3 rings (SSSR count). The Balaban J connectivity index is 2.05. The van der Waals surface area contributed by atoms with Gasteiger partial charge in [-0.05, 0) is 43.4 Å². The van der Waals surface area contributed by atoms with Gasteiger partial charge in [0.2, 0.25) is 5.91 Å². The predicted molar refractivity (Wildman–Crippen MR) is 103 cm³/mol. The maximum absolute atomic E-state index is 14.4. The van der Waals surface area contributed by atoms with Crippen LogP contribution in [0.5, 0.6) is 0 Å². The topological polar surface area (TPSA) is 35.9 Å². The second-order valence-electron chi connectivity index (χ2n) is 6.52. The summed E-state index contributed by atoms with van der Waals surface area (Å²) in [5, 5.41) is 0. The lowest BCUT2D eigenvalue weighted by Crippen LogP contribution is -2.39. The first-order valence-electron chi connectivity index (χ1n) is 9.27. The number of hydrogen-bond acceptors (Lipinski definition) is 3. The SMILES string of the molecule is CCN(CC)CCN1C(=O)CN=C(c2ccc(F)cc2F)c2cc(F)ccc21. The fraction of sp³-hybridized carbons (Fsp3) is 0.333. The van der Waals surface area contributed by atoms with Crippen LogP contribution in [0.1, 0.15) is 25.0 Å². The predicted octanol–water partition coefficient (Wildman–Crippen LogP) is 3.63. The largest absolute Gasteiger partial charge is 0.309 e. The van der Waals surface area contributed by atoms with Crippen LogP contribution in [0, 0.1) is 17.5 Å². The van der Waals surface area contributed by atoms with Crippen LogP contribution in [-0.2, 0) is 4.79 Å². The molecule has 0 fully saturated rings. The van der Waals surface area contributed by atoms with Crippen molar-refractivity contribution in [1.29, 1.82) is 0 Å². The molecule has 28 heavy (non-hydrogen) atoms. The Morgan fingerprint density at radius 1 is 1.00 bits per heavy atom. The van der Waals surface area contributed by atoms with Gasteiger partial charge in [0, 0.05) is 30.3 Å². The molecule has 0 bridgehead atoms. The van der Waals surface area contributed by atoms with E-state index in [2.05, 4.69) is 9.89 Å².